The van der Waals surface area contributed by atoms with Gasteiger partial charge in [0.1, 0.15) is 12.7 Å². The average molecular weight is 346 g/mol. The fourth-order valence-corrected chi connectivity index (χ4v) is 3.06. The molecular formula is C21H22N4O. The Morgan fingerprint density at radius 2 is 1.77 bits per heavy atom. The third kappa shape index (κ3) is 3.82. The van der Waals surface area contributed by atoms with Crippen molar-refractivity contribution in [1.82, 2.24) is 19.7 Å². The summed E-state index contributed by atoms with van der Waals surface area (Å²) in [5.74, 6) is 0.111. The van der Waals surface area contributed by atoms with E-state index in [2.05, 4.69) is 41.3 Å². The van der Waals surface area contributed by atoms with Crippen molar-refractivity contribution in [1.29, 1.82) is 0 Å². The number of aryl methyl sites for hydroxylation is 1. The average Bonchev–Trinajstić information content (AvgIpc) is 3.38. The van der Waals surface area contributed by atoms with E-state index in [0.29, 0.717) is 19.1 Å². The highest BCUT2D eigenvalue weighted by Gasteiger charge is 2.33. The predicted molar refractivity (Wildman–Crippen MR) is 99.6 cm³/mol. The molecule has 0 spiro atoms. The van der Waals surface area contributed by atoms with Gasteiger partial charge >= 0.3 is 0 Å². The molecule has 1 fully saturated rings. The van der Waals surface area contributed by atoms with Crippen LogP contribution in [0.2, 0.25) is 0 Å². The lowest BCUT2D eigenvalue weighted by Gasteiger charge is -2.23. The normalized spacial score (nSPS) is 13.6. The van der Waals surface area contributed by atoms with E-state index in [1.807, 2.05) is 29.2 Å². The van der Waals surface area contributed by atoms with Crippen LogP contribution in [0.5, 0.6) is 0 Å². The number of carbonyl (C=O) groups is 1. The second kappa shape index (κ2) is 7.12. The van der Waals surface area contributed by atoms with Crippen LogP contribution in [-0.2, 0) is 13.1 Å². The molecule has 5 heteroatoms. The zero-order chi connectivity index (χ0) is 17.9. The highest BCUT2D eigenvalue weighted by atomic mass is 16.2. The lowest BCUT2D eigenvalue weighted by atomic mass is 10.1. The Hall–Kier alpha value is -2.95. The fourth-order valence-electron chi connectivity index (χ4n) is 3.06. The minimum atomic E-state index is 0.111. The second-order valence-electron chi connectivity index (χ2n) is 6.94. The maximum absolute atomic E-state index is 13.0. The monoisotopic (exact) mass is 346 g/mol. The van der Waals surface area contributed by atoms with Crippen LogP contribution < -0.4 is 0 Å². The topological polar surface area (TPSA) is 51.0 Å². The van der Waals surface area contributed by atoms with Crippen LogP contribution in [0.3, 0.4) is 0 Å². The molecule has 4 rings (SSSR count). The quantitative estimate of drug-likeness (QED) is 0.687. The Kier molecular flexibility index (Phi) is 4.52. The molecule has 1 aliphatic rings. The number of hydrogen-bond donors (Lipinski definition) is 0. The van der Waals surface area contributed by atoms with E-state index in [4.69, 9.17) is 0 Å². The van der Waals surface area contributed by atoms with Crippen LogP contribution in [0.4, 0.5) is 0 Å². The molecule has 1 aromatic heterocycles. The molecule has 1 aliphatic carbocycles. The number of benzene rings is 2. The molecule has 1 amide bonds. The van der Waals surface area contributed by atoms with Crippen molar-refractivity contribution in [3.8, 4) is 0 Å². The molecule has 0 radical (unpaired) electrons. The third-order valence-electron chi connectivity index (χ3n) is 4.73. The SMILES string of the molecule is Cc1ccc(CN(C(=O)c2ccc(Cn3cncn3)cc2)C2CC2)cc1. The third-order valence-corrected chi connectivity index (χ3v) is 4.73. The first kappa shape index (κ1) is 16.5. The lowest BCUT2D eigenvalue weighted by Crippen LogP contribution is -2.32. The van der Waals surface area contributed by atoms with E-state index >= 15 is 0 Å². The summed E-state index contributed by atoms with van der Waals surface area (Å²) in [5.41, 5.74) is 4.26. The Balaban J connectivity index is 1.47. The molecular weight excluding hydrogens is 324 g/mol. The van der Waals surface area contributed by atoms with Crippen molar-refractivity contribution in [2.45, 2.75) is 38.9 Å². The number of carbonyl (C=O) groups excluding carboxylic acids is 1. The summed E-state index contributed by atoms with van der Waals surface area (Å²) >= 11 is 0. The predicted octanol–water partition coefficient (Wildman–Crippen LogP) is 3.44. The van der Waals surface area contributed by atoms with Gasteiger partial charge in [0.05, 0.1) is 6.54 Å². The molecule has 0 N–H and O–H groups in total. The van der Waals surface area contributed by atoms with Crippen LogP contribution in [0.25, 0.3) is 0 Å². The molecule has 1 saturated carbocycles. The molecule has 0 bridgehead atoms. The molecule has 1 heterocycles. The van der Waals surface area contributed by atoms with E-state index in [0.717, 1.165) is 24.0 Å². The molecule has 0 aliphatic heterocycles. The molecule has 3 aromatic rings. The van der Waals surface area contributed by atoms with Gasteiger partial charge in [-0.15, -0.1) is 0 Å². The van der Waals surface area contributed by atoms with Crippen LogP contribution in [-0.4, -0.2) is 31.6 Å². The summed E-state index contributed by atoms with van der Waals surface area (Å²) in [6, 6.07) is 16.6. The molecule has 0 saturated heterocycles. The summed E-state index contributed by atoms with van der Waals surface area (Å²) < 4.78 is 1.77. The van der Waals surface area contributed by atoms with E-state index in [1.165, 1.54) is 17.5 Å². The van der Waals surface area contributed by atoms with Gasteiger partial charge < -0.3 is 4.90 Å². The minimum Gasteiger partial charge on any atom is -0.331 e. The highest BCUT2D eigenvalue weighted by molar-refractivity contribution is 5.94. The van der Waals surface area contributed by atoms with Crippen LogP contribution in [0.15, 0.2) is 61.2 Å². The van der Waals surface area contributed by atoms with Gasteiger partial charge in [0.15, 0.2) is 0 Å². The summed E-state index contributed by atoms with van der Waals surface area (Å²) in [5, 5.41) is 4.11. The van der Waals surface area contributed by atoms with Gasteiger partial charge in [0.2, 0.25) is 0 Å². The first-order chi connectivity index (χ1) is 12.7. The van der Waals surface area contributed by atoms with Gasteiger partial charge in [-0.3, -0.25) is 4.79 Å². The van der Waals surface area contributed by atoms with Crippen LogP contribution in [0.1, 0.15) is 39.9 Å². The standard InChI is InChI=1S/C21H22N4O/c1-16-2-4-18(5-3-16)13-25(20-10-11-20)21(26)19-8-6-17(7-9-19)12-24-15-22-14-23-24/h2-9,14-15,20H,10-13H2,1H3. The van der Waals surface area contributed by atoms with Crippen molar-refractivity contribution in [2.24, 2.45) is 0 Å². The maximum atomic E-state index is 13.0. The van der Waals surface area contributed by atoms with Crippen LogP contribution >= 0.6 is 0 Å². The van der Waals surface area contributed by atoms with E-state index < -0.39 is 0 Å². The summed E-state index contributed by atoms with van der Waals surface area (Å²) in [6.07, 6.45) is 5.41. The molecule has 0 atom stereocenters. The van der Waals surface area contributed by atoms with Crippen molar-refractivity contribution in [3.05, 3.63) is 83.4 Å². The molecule has 5 nitrogen and oxygen atoms in total. The van der Waals surface area contributed by atoms with Crippen molar-refractivity contribution >= 4 is 5.91 Å². The van der Waals surface area contributed by atoms with Gasteiger partial charge in [0.25, 0.3) is 5.91 Å². The number of rotatable bonds is 6. The van der Waals surface area contributed by atoms with E-state index in [1.54, 1.807) is 11.0 Å². The van der Waals surface area contributed by atoms with Gasteiger partial charge in [-0.1, -0.05) is 42.0 Å². The first-order valence-electron chi connectivity index (χ1n) is 8.97. The number of hydrogen-bond acceptors (Lipinski definition) is 3. The molecule has 0 unspecified atom stereocenters. The minimum absolute atomic E-state index is 0.111. The van der Waals surface area contributed by atoms with E-state index in [-0.39, 0.29) is 5.91 Å². The molecule has 2 aromatic carbocycles. The summed E-state index contributed by atoms with van der Waals surface area (Å²) in [7, 11) is 0. The van der Waals surface area contributed by atoms with Gasteiger partial charge in [-0.2, -0.15) is 5.10 Å². The zero-order valence-corrected chi connectivity index (χ0v) is 14.9. The summed E-state index contributed by atoms with van der Waals surface area (Å²) in [6.45, 7) is 3.41. The van der Waals surface area contributed by atoms with Crippen LogP contribution in [0, 0.1) is 6.92 Å². The highest BCUT2D eigenvalue weighted by Crippen LogP contribution is 2.30. The van der Waals surface area contributed by atoms with Crippen molar-refractivity contribution < 1.29 is 4.79 Å². The number of aromatic nitrogens is 3. The van der Waals surface area contributed by atoms with Gasteiger partial charge in [-0.25, -0.2) is 9.67 Å². The number of nitrogens with zero attached hydrogens (tertiary/aromatic N) is 4. The Morgan fingerprint density at radius 3 is 2.38 bits per heavy atom. The largest absolute Gasteiger partial charge is 0.331 e. The maximum Gasteiger partial charge on any atom is 0.254 e. The lowest BCUT2D eigenvalue weighted by molar-refractivity contribution is 0.0730. The molecule has 132 valence electrons. The van der Waals surface area contributed by atoms with Gasteiger partial charge in [0, 0.05) is 18.2 Å². The second-order valence-corrected chi connectivity index (χ2v) is 6.94. The summed E-state index contributed by atoms with van der Waals surface area (Å²) in [4.78, 5) is 19.0. The Labute approximate surface area is 153 Å². The van der Waals surface area contributed by atoms with Crippen molar-refractivity contribution in [3.63, 3.8) is 0 Å². The molecule has 26 heavy (non-hydrogen) atoms. The first-order valence-corrected chi connectivity index (χ1v) is 8.97. The smallest absolute Gasteiger partial charge is 0.254 e. The Morgan fingerprint density at radius 1 is 1.08 bits per heavy atom. The zero-order valence-electron chi connectivity index (χ0n) is 14.9. The fraction of sp³-hybridized carbons (Fsp3) is 0.286. The van der Waals surface area contributed by atoms with E-state index in [9.17, 15) is 4.79 Å². The number of amides is 1. The van der Waals surface area contributed by atoms with Gasteiger partial charge in [-0.05, 0) is 43.0 Å². The Bertz CT molecular complexity index is 865. The van der Waals surface area contributed by atoms with Crippen molar-refractivity contribution in [2.75, 3.05) is 0 Å².